The van der Waals surface area contributed by atoms with Gasteiger partial charge in [-0.25, -0.2) is 4.98 Å². The van der Waals surface area contributed by atoms with Crippen LogP contribution >= 0.6 is 0 Å². The van der Waals surface area contributed by atoms with Crippen LogP contribution in [-0.2, 0) is 21.7 Å². The van der Waals surface area contributed by atoms with E-state index in [-0.39, 0.29) is 16.6 Å². The zero-order chi connectivity index (χ0) is 53.6. The Morgan fingerprint density at radius 1 is 0.531 bits per heavy atom. The second-order valence-corrected chi connectivity index (χ2v) is 20.4. The molecule has 0 aliphatic rings. The predicted molar refractivity (Wildman–Crippen MR) is 272 cm³/mol. The standard InChI is InChI=1S/C60H65N3O/c1-37-36-61-53(38(2)52(37)40-24-19-16-20-25-40)42-30-41(31-44(32-42)58(6,7)8)46-26-21-27-51-54(46)62-56(48-34-45(59(9,10)11)35-49(55(48)64)60(12,13)14)63(51)50-29-28-43(57(3,4)5)33-47(50)39-22-17-15-18-23-39/h15-36,64H,1-14H3/i6D3,7D3,8D3. The van der Waals surface area contributed by atoms with E-state index in [1.807, 2.05) is 92.7 Å². The maximum absolute atomic E-state index is 12.6. The number of pyridine rings is 1. The molecule has 4 heteroatoms. The first-order chi connectivity index (χ1) is 33.8. The number of nitrogens with zero attached hydrogens (tertiary/aromatic N) is 3. The molecule has 64 heavy (non-hydrogen) atoms. The number of hydrogen-bond acceptors (Lipinski definition) is 3. The molecule has 0 aliphatic carbocycles. The lowest BCUT2D eigenvalue weighted by Gasteiger charge is -2.28. The van der Waals surface area contributed by atoms with Gasteiger partial charge in [-0.05, 0) is 122 Å². The lowest BCUT2D eigenvalue weighted by molar-refractivity contribution is 0.446. The number of fused-ring (bicyclic) bond motifs is 1. The summed E-state index contributed by atoms with van der Waals surface area (Å²) >= 11 is 0. The Hall–Kier alpha value is -6.26. The van der Waals surface area contributed by atoms with Crippen LogP contribution in [0.1, 0.15) is 129 Å². The average molecular weight is 853 g/mol. The highest BCUT2D eigenvalue weighted by Crippen LogP contribution is 2.46. The molecule has 0 atom stereocenters. The van der Waals surface area contributed by atoms with Gasteiger partial charge in [0.2, 0.25) is 0 Å². The number of rotatable bonds is 6. The second-order valence-electron chi connectivity index (χ2n) is 20.4. The van der Waals surface area contributed by atoms with Crippen molar-refractivity contribution >= 4 is 11.0 Å². The largest absolute Gasteiger partial charge is 0.507 e. The molecule has 0 amide bonds. The lowest BCUT2D eigenvalue weighted by Crippen LogP contribution is -2.17. The zero-order valence-electron chi connectivity index (χ0n) is 48.0. The molecule has 326 valence electrons. The minimum absolute atomic E-state index is 0.0726. The zero-order valence-corrected chi connectivity index (χ0v) is 39.0. The minimum atomic E-state index is -3.54. The molecule has 0 bridgehead atoms. The fraction of sp³-hybridized carbons (Fsp3) is 0.300. The number of aryl methyl sites for hydroxylation is 1. The molecule has 8 aromatic rings. The van der Waals surface area contributed by atoms with Crippen molar-refractivity contribution in [2.45, 2.75) is 118 Å². The highest BCUT2D eigenvalue weighted by Gasteiger charge is 2.30. The molecule has 2 heterocycles. The van der Waals surface area contributed by atoms with Crippen molar-refractivity contribution in [2.24, 2.45) is 0 Å². The first-order valence-corrected chi connectivity index (χ1v) is 22.1. The molecule has 0 saturated heterocycles. The van der Waals surface area contributed by atoms with E-state index in [1.165, 1.54) is 12.1 Å². The molecule has 4 nitrogen and oxygen atoms in total. The van der Waals surface area contributed by atoms with Crippen molar-refractivity contribution in [1.82, 2.24) is 14.5 Å². The van der Waals surface area contributed by atoms with Crippen LogP contribution in [0.15, 0.2) is 134 Å². The van der Waals surface area contributed by atoms with E-state index in [0.717, 1.165) is 55.8 Å². The molecule has 8 rings (SSSR count). The van der Waals surface area contributed by atoms with E-state index in [9.17, 15) is 5.11 Å². The monoisotopic (exact) mass is 853 g/mol. The fourth-order valence-corrected chi connectivity index (χ4v) is 8.83. The molecule has 0 unspecified atom stereocenters. The van der Waals surface area contributed by atoms with E-state index in [4.69, 9.17) is 22.3 Å². The second kappa shape index (κ2) is 16.1. The predicted octanol–water partition coefficient (Wildman–Crippen LogP) is 16.3. The van der Waals surface area contributed by atoms with Crippen molar-refractivity contribution < 1.29 is 17.4 Å². The number of hydrogen-bond donors (Lipinski definition) is 1. The van der Waals surface area contributed by atoms with E-state index in [0.29, 0.717) is 44.8 Å². The Morgan fingerprint density at radius 3 is 1.77 bits per heavy atom. The number of imidazole rings is 1. The Labute approximate surface area is 394 Å². The van der Waals surface area contributed by atoms with Gasteiger partial charge in [-0.15, -0.1) is 0 Å². The van der Waals surface area contributed by atoms with Crippen LogP contribution in [0.2, 0.25) is 0 Å². The number of aromatic nitrogens is 3. The Morgan fingerprint density at radius 2 is 1.14 bits per heavy atom. The summed E-state index contributed by atoms with van der Waals surface area (Å²) in [6.07, 6.45) is 1.72. The van der Waals surface area contributed by atoms with Gasteiger partial charge in [-0.1, -0.05) is 174 Å². The number of para-hydroxylation sites is 1. The Bertz CT molecular complexity index is 3350. The van der Waals surface area contributed by atoms with Crippen LogP contribution in [0.25, 0.3) is 72.7 Å². The van der Waals surface area contributed by atoms with Crippen molar-refractivity contribution in [2.75, 3.05) is 0 Å². The molecular weight excluding hydrogens is 779 g/mol. The van der Waals surface area contributed by atoms with Gasteiger partial charge in [0.25, 0.3) is 0 Å². The Kier molecular flexibility index (Phi) is 8.58. The first-order valence-electron chi connectivity index (χ1n) is 26.6. The quantitative estimate of drug-likeness (QED) is 0.181. The number of benzene rings is 6. The summed E-state index contributed by atoms with van der Waals surface area (Å²) in [4.78, 5) is 10.4. The van der Waals surface area contributed by atoms with E-state index in [2.05, 4.69) is 103 Å². The van der Waals surface area contributed by atoms with Crippen molar-refractivity contribution in [3.05, 3.63) is 167 Å². The van der Waals surface area contributed by atoms with Crippen LogP contribution in [0.3, 0.4) is 0 Å². The third kappa shape index (κ3) is 8.31. The van der Waals surface area contributed by atoms with Gasteiger partial charge in [-0.3, -0.25) is 9.55 Å². The summed E-state index contributed by atoms with van der Waals surface area (Å²) in [6, 6.07) is 40.5. The van der Waals surface area contributed by atoms with Gasteiger partial charge in [0, 0.05) is 40.8 Å². The van der Waals surface area contributed by atoms with Gasteiger partial charge < -0.3 is 5.11 Å². The van der Waals surface area contributed by atoms with E-state index < -0.39 is 36.9 Å². The highest BCUT2D eigenvalue weighted by molar-refractivity contribution is 5.98. The third-order valence-electron chi connectivity index (χ3n) is 12.4. The molecule has 0 saturated carbocycles. The molecule has 0 aliphatic heterocycles. The van der Waals surface area contributed by atoms with Gasteiger partial charge in [0.15, 0.2) is 0 Å². The number of aromatic hydroxyl groups is 1. The summed E-state index contributed by atoms with van der Waals surface area (Å²) in [6.45, 7) is 12.3. The first kappa shape index (κ1) is 34.2. The molecular formula is C60H65N3O. The van der Waals surface area contributed by atoms with Gasteiger partial charge in [0.05, 0.1) is 28.0 Å². The van der Waals surface area contributed by atoms with E-state index >= 15 is 0 Å². The minimum Gasteiger partial charge on any atom is -0.507 e. The third-order valence-corrected chi connectivity index (χ3v) is 12.4. The van der Waals surface area contributed by atoms with Crippen molar-refractivity contribution in [1.29, 1.82) is 0 Å². The molecule has 0 radical (unpaired) electrons. The number of phenols is 1. The average Bonchev–Trinajstić information content (AvgIpc) is 3.66. The molecule has 2 aromatic heterocycles. The summed E-state index contributed by atoms with van der Waals surface area (Å²) < 4.78 is 81.7. The normalized spacial score (nSPS) is 15.3. The van der Waals surface area contributed by atoms with Crippen molar-refractivity contribution in [3.63, 3.8) is 0 Å². The van der Waals surface area contributed by atoms with E-state index in [1.54, 1.807) is 6.20 Å². The molecule has 0 fully saturated rings. The molecule has 1 N–H and O–H groups in total. The maximum Gasteiger partial charge on any atom is 0.149 e. The summed E-state index contributed by atoms with van der Waals surface area (Å²) in [5.41, 5.74) is 7.24. The van der Waals surface area contributed by atoms with Crippen LogP contribution in [0.5, 0.6) is 5.75 Å². The smallest absolute Gasteiger partial charge is 0.149 e. The van der Waals surface area contributed by atoms with Gasteiger partial charge in [0.1, 0.15) is 11.6 Å². The summed E-state index contributed by atoms with van der Waals surface area (Å²) in [5.74, 6) is 0.502. The SMILES string of the molecule is [2H]C([2H])([2H])C(c1cc(-c2ncc(C)c(-c3ccccc3)c2C)cc(-c2cccc3c2nc(-c2cc(C(C)(C)C)cc(C(C)(C)C)c2O)n3-c2ccc(C(C)(C)C)cc2-c2ccccc2)c1)(C([2H])([2H])[2H])C([2H])([2H])[2H]. The fourth-order valence-electron chi connectivity index (χ4n) is 8.83. The van der Waals surface area contributed by atoms with Crippen LogP contribution < -0.4 is 0 Å². The maximum atomic E-state index is 12.6. The van der Waals surface area contributed by atoms with Gasteiger partial charge >= 0.3 is 0 Å². The van der Waals surface area contributed by atoms with Crippen LogP contribution in [0.4, 0.5) is 0 Å². The van der Waals surface area contributed by atoms with Crippen LogP contribution in [0, 0.1) is 13.8 Å². The van der Waals surface area contributed by atoms with Gasteiger partial charge in [-0.2, -0.15) is 0 Å². The highest BCUT2D eigenvalue weighted by atomic mass is 16.3. The van der Waals surface area contributed by atoms with Crippen molar-refractivity contribution in [3.8, 4) is 67.5 Å². The Balaban J connectivity index is 1.57. The summed E-state index contributed by atoms with van der Waals surface area (Å²) in [5, 5.41) is 12.6. The topological polar surface area (TPSA) is 50.9 Å². The molecule has 0 spiro atoms. The molecule has 6 aromatic carbocycles. The lowest BCUT2D eigenvalue weighted by atomic mass is 9.79. The number of phenolic OH excluding ortho intramolecular Hbond substituents is 1. The van der Waals surface area contributed by atoms with Crippen LogP contribution in [-0.4, -0.2) is 19.6 Å². The summed E-state index contributed by atoms with van der Waals surface area (Å²) in [7, 11) is 0.